The number of hydrogen-bond donors (Lipinski definition) is 2. The van der Waals surface area contributed by atoms with Crippen molar-refractivity contribution in [1.29, 1.82) is 0 Å². The molecule has 0 aliphatic rings. The first-order valence-electron chi connectivity index (χ1n) is 6.31. The van der Waals surface area contributed by atoms with Crippen LogP contribution in [0.5, 0.6) is 0 Å². The summed E-state index contributed by atoms with van der Waals surface area (Å²) in [4.78, 5) is 10.9. The van der Waals surface area contributed by atoms with E-state index >= 15 is 0 Å². The topological polar surface area (TPSA) is 41.1 Å². The minimum absolute atomic E-state index is 0.0502. The summed E-state index contributed by atoms with van der Waals surface area (Å²) in [7, 11) is 0. The van der Waals surface area contributed by atoms with Gasteiger partial charge in [-0.3, -0.25) is 4.79 Å². The quantitative estimate of drug-likeness (QED) is 0.875. The van der Waals surface area contributed by atoms with Crippen molar-refractivity contribution in [3.63, 3.8) is 0 Å². The molecule has 2 N–H and O–H groups in total. The third kappa shape index (κ3) is 3.85. The van der Waals surface area contributed by atoms with Crippen LogP contribution in [0.4, 0.5) is 11.4 Å². The number of rotatable bonds is 4. The van der Waals surface area contributed by atoms with Crippen molar-refractivity contribution in [2.45, 2.75) is 20.4 Å². The molecular weight excluding hydrogens is 236 g/mol. The van der Waals surface area contributed by atoms with Gasteiger partial charge < -0.3 is 10.6 Å². The van der Waals surface area contributed by atoms with Gasteiger partial charge in [0.1, 0.15) is 0 Å². The van der Waals surface area contributed by atoms with Gasteiger partial charge in [0.25, 0.3) is 0 Å². The molecule has 2 aromatic rings. The lowest BCUT2D eigenvalue weighted by Crippen LogP contribution is -2.06. The van der Waals surface area contributed by atoms with Crippen molar-refractivity contribution >= 4 is 17.3 Å². The van der Waals surface area contributed by atoms with Crippen LogP contribution in [0.1, 0.15) is 18.1 Å². The SMILES string of the molecule is CC(=O)Nc1ccc(CNc2ccccc2C)cc1. The maximum Gasteiger partial charge on any atom is 0.221 e. The molecule has 0 saturated carbocycles. The Morgan fingerprint density at radius 2 is 1.74 bits per heavy atom. The summed E-state index contributed by atoms with van der Waals surface area (Å²) in [5.41, 5.74) is 4.38. The Bertz CT molecular complexity index is 561. The van der Waals surface area contributed by atoms with Gasteiger partial charge in [0.05, 0.1) is 0 Å². The maximum atomic E-state index is 10.9. The highest BCUT2D eigenvalue weighted by molar-refractivity contribution is 5.88. The molecule has 2 rings (SSSR count). The molecule has 0 unspecified atom stereocenters. The zero-order valence-corrected chi connectivity index (χ0v) is 11.2. The Morgan fingerprint density at radius 1 is 1.05 bits per heavy atom. The molecule has 2 aromatic carbocycles. The predicted molar refractivity (Wildman–Crippen MR) is 79.3 cm³/mol. The molecule has 0 aliphatic heterocycles. The monoisotopic (exact) mass is 254 g/mol. The van der Waals surface area contributed by atoms with Crippen molar-refractivity contribution in [3.8, 4) is 0 Å². The van der Waals surface area contributed by atoms with Crippen LogP contribution in [0.15, 0.2) is 48.5 Å². The number of carbonyl (C=O) groups excluding carboxylic acids is 1. The van der Waals surface area contributed by atoms with E-state index < -0.39 is 0 Å². The van der Waals surface area contributed by atoms with Crippen molar-refractivity contribution in [3.05, 3.63) is 59.7 Å². The first-order valence-corrected chi connectivity index (χ1v) is 6.31. The van der Waals surface area contributed by atoms with Crippen LogP contribution in [-0.4, -0.2) is 5.91 Å². The third-order valence-electron chi connectivity index (χ3n) is 2.90. The van der Waals surface area contributed by atoms with Crippen LogP contribution in [-0.2, 0) is 11.3 Å². The summed E-state index contributed by atoms with van der Waals surface area (Å²) >= 11 is 0. The zero-order chi connectivity index (χ0) is 13.7. The van der Waals surface area contributed by atoms with Crippen LogP contribution >= 0.6 is 0 Å². The number of hydrogen-bond acceptors (Lipinski definition) is 2. The standard InChI is InChI=1S/C16H18N2O/c1-12-5-3-4-6-16(12)17-11-14-7-9-15(10-8-14)18-13(2)19/h3-10,17H,11H2,1-2H3,(H,18,19). The van der Waals surface area contributed by atoms with Crippen molar-refractivity contribution in [2.75, 3.05) is 10.6 Å². The van der Waals surface area contributed by atoms with Gasteiger partial charge in [0.15, 0.2) is 0 Å². The summed E-state index contributed by atoms with van der Waals surface area (Å²) in [6.07, 6.45) is 0. The molecule has 0 heterocycles. The van der Waals surface area contributed by atoms with Gasteiger partial charge >= 0.3 is 0 Å². The molecule has 0 bridgehead atoms. The number of nitrogens with one attached hydrogen (secondary N) is 2. The molecular formula is C16H18N2O. The third-order valence-corrected chi connectivity index (χ3v) is 2.90. The van der Waals surface area contributed by atoms with Crippen molar-refractivity contribution in [2.24, 2.45) is 0 Å². The number of carbonyl (C=O) groups is 1. The normalized spacial score (nSPS) is 10.0. The molecule has 0 fully saturated rings. The lowest BCUT2D eigenvalue weighted by molar-refractivity contribution is -0.114. The van der Waals surface area contributed by atoms with E-state index in [4.69, 9.17) is 0 Å². The average Bonchev–Trinajstić information content (AvgIpc) is 2.39. The molecule has 0 spiro atoms. The first kappa shape index (κ1) is 13.1. The van der Waals surface area contributed by atoms with Gasteiger partial charge in [-0.1, -0.05) is 30.3 Å². The van der Waals surface area contributed by atoms with Crippen LogP contribution in [0.3, 0.4) is 0 Å². The van der Waals surface area contributed by atoms with Gasteiger partial charge in [0, 0.05) is 24.8 Å². The highest BCUT2D eigenvalue weighted by atomic mass is 16.1. The molecule has 0 saturated heterocycles. The van der Waals surface area contributed by atoms with E-state index in [1.165, 1.54) is 18.1 Å². The Kier molecular flexibility index (Phi) is 4.18. The maximum absolute atomic E-state index is 10.9. The molecule has 19 heavy (non-hydrogen) atoms. The number of benzene rings is 2. The Morgan fingerprint density at radius 3 is 2.37 bits per heavy atom. The number of anilines is 2. The summed E-state index contributed by atoms with van der Waals surface area (Å²) in [5, 5.41) is 6.16. The van der Waals surface area contributed by atoms with Crippen LogP contribution < -0.4 is 10.6 Å². The molecule has 98 valence electrons. The van der Waals surface area contributed by atoms with Crippen LogP contribution in [0.2, 0.25) is 0 Å². The van der Waals surface area contributed by atoms with E-state index in [1.54, 1.807) is 0 Å². The number of aryl methyl sites for hydroxylation is 1. The minimum atomic E-state index is -0.0502. The highest BCUT2D eigenvalue weighted by Crippen LogP contribution is 2.15. The highest BCUT2D eigenvalue weighted by Gasteiger charge is 1.98. The average molecular weight is 254 g/mol. The van der Waals surface area contributed by atoms with Crippen molar-refractivity contribution in [1.82, 2.24) is 0 Å². The van der Waals surface area contributed by atoms with E-state index in [1.807, 2.05) is 36.4 Å². The van der Waals surface area contributed by atoms with E-state index in [0.717, 1.165) is 17.9 Å². The van der Waals surface area contributed by atoms with Crippen molar-refractivity contribution < 1.29 is 4.79 Å². The van der Waals surface area contributed by atoms with E-state index in [9.17, 15) is 4.79 Å². The fraction of sp³-hybridized carbons (Fsp3) is 0.188. The fourth-order valence-corrected chi connectivity index (χ4v) is 1.88. The molecule has 3 nitrogen and oxygen atoms in total. The van der Waals surface area contributed by atoms with E-state index in [2.05, 4.69) is 29.7 Å². The smallest absolute Gasteiger partial charge is 0.221 e. The van der Waals surface area contributed by atoms with Gasteiger partial charge in [0.2, 0.25) is 5.91 Å². The van der Waals surface area contributed by atoms with Gasteiger partial charge in [-0.05, 0) is 36.2 Å². The minimum Gasteiger partial charge on any atom is -0.381 e. The molecule has 0 aromatic heterocycles. The van der Waals surface area contributed by atoms with Gasteiger partial charge in [-0.2, -0.15) is 0 Å². The summed E-state index contributed by atoms with van der Waals surface area (Å²) in [6, 6.07) is 16.1. The molecule has 0 radical (unpaired) electrons. The Labute approximate surface area is 113 Å². The lowest BCUT2D eigenvalue weighted by Gasteiger charge is -2.10. The second kappa shape index (κ2) is 6.05. The summed E-state index contributed by atoms with van der Waals surface area (Å²) in [6.45, 7) is 4.36. The second-order valence-electron chi connectivity index (χ2n) is 4.55. The van der Waals surface area contributed by atoms with Crippen LogP contribution in [0, 0.1) is 6.92 Å². The first-order chi connectivity index (χ1) is 9.15. The van der Waals surface area contributed by atoms with Gasteiger partial charge in [-0.15, -0.1) is 0 Å². The molecule has 3 heteroatoms. The summed E-state index contributed by atoms with van der Waals surface area (Å²) < 4.78 is 0. The van der Waals surface area contributed by atoms with Gasteiger partial charge in [-0.25, -0.2) is 0 Å². The Balaban J connectivity index is 1.97. The Hall–Kier alpha value is -2.29. The zero-order valence-electron chi connectivity index (χ0n) is 11.2. The lowest BCUT2D eigenvalue weighted by atomic mass is 10.1. The van der Waals surface area contributed by atoms with Crippen LogP contribution in [0.25, 0.3) is 0 Å². The number of para-hydroxylation sites is 1. The second-order valence-corrected chi connectivity index (χ2v) is 4.55. The number of amides is 1. The van der Waals surface area contributed by atoms with E-state index in [-0.39, 0.29) is 5.91 Å². The molecule has 1 amide bonds. The summed E-state index contributed by atoms with van der Waals surface area (Å²) in [5.74, 6) is -0.0502. The fourth-order valence-electron chi connectivity index (χ4n) is 1.88. The van der Waals surface area contributed by atoms with E-state index in [0.29, 0.717) is 0 Å². The molecule has 0 atom stereocenters. The molecule has 0 aliphatic carbocycles. The largest absolute Gasteiger partial charge is 0.381 e. The predicted octanol–water partition coefficient (Wildman–Crippen LogP) is 3.57.